The number of nitrogens with two attached hydrogens (primary N) is 2. The monoisotopic (exact) mass is 471 g/mol. The van der Waals surface area contributed by atoms with Crippen molar-refractivity contribution in [1.82, 2.24) is 0 Å². The first-order chi connectivity index (χ1) is 16.4. The summed E-state index contributed by atoms with van der Waals surface area (Å²) in [6.45, 7) is 4.65. The number of guanidine groups is 1. The predicted octanol–water partition coefficient (Wildman–Crippen LogP) is 2.56. The standard InChI is InChI=1S/C24H30FN5O4/c1-2-33-21(31)11-8-17-6-9-19(10-7-17)29-12-14-30(15-13-29)20-5-3-4-18(22(20)25)16-34-24(32)28-23(26)27/h3-7,9-10H,2,8,11-16H2,1H3,(H4,26,27,28,32). The van der Waals surface area contributed by atoms with E-state index in [1.54, 1.807) is 25.1 Å². The summed E-state index contributed by atoms with van der Waals surface area (Å²) in [6, 6.07) is 13.1. The molecule has 1 saturated heterocycles. The number of hydrogen-bond acceptors (Lipinski definition) is 6. The molecule has 4 N–H and O–H groups in total. The van der Waals surface area contributed by atoms with E-state index < -0.39 is 17.9 Å². The van der Waals surface area contributed by atoms with Crippen LogP contribution in [0.4, 0.5) is 20.6 Å². The van der Waals surface area contributed by atoms with Crippen molar-refractivity contribution in [3.63, 3.8) is 0 Å². The molecule has 1 aliphatic heterocycles. The van der Waals surface area contributed by atoms with Crippen molar-refractivity contribution >= 4 is 29.4 Å². The summed E-state index contributed by atoms with van der Waals surface area (Å²) >= 11 is 0. The molecule has 2 aromatic rings. The highest BCUT2D eigenvalue weighted by Gasteiger charge is 2.21. The van der Waals surface area contributed by atoms with Crippen LogP contribution < -0.4 is 21.3 Å². The first kappa shape index (κ1) is 24.8. The molecule has 3 rings (SSSR count). The maximum Gasteiger partial charge on any atom is 0.437 e. The second-order valence-electron chi connectivity index (χ2n) is 7.79. The van der Waals surface area contributed by atoms with E-state index >= 15 is 4.39 Å². The lowest BCUT2D eigenvalue weighted by atomic mass is 10.1. The normalized spacial score (nSPS) is 13.4. The lowest BCUT2D eigenvalue weighted by Crippen LogP contribution is -2.46. The van der Waals surface area contributed by atoms with Gasteiger partial charge in [0.05, 0.1) is 12.3 Å². The van der Waals surface area contributed by atoms with E-state index in [4.69, 9.17) is 20.9 Å². The van der Waals surface area contributed by atoms with Crippen LogP contribution in [-0.2, 0) is 27.3 Å². The van der Waals surface area contributed by atoms with Crippen LogP contribution in [0.1, 0.15) is 24.5 Å². The van der Waals surface area contributed by atoms with E-state index in [9.17, 15) is 9.59 Å². The molecular formula is C24H30FN5O4. The average molecular weight is 472 g/mol. The second kappa shape index (κ2) is 11.9. The van der Waals surface area contributed by atoms with Crippen molar-refractivity contribution in [1.29, 1.82) is 0 Å². The van der Waals surface area contributed by atoms with Crippen LogP contribution in [0.3, 0.4) is 0 Å². The number of halogens is 1. The summed E-state index contributed by atoms with van der Waals surface area (Å²) in [6.07, 6.45) is 0.0404. The number of aryl methyl sites for hydroxylation is 1. The van der Waals surface area contributed by atoms with Crippen molar-refractivity contribution in [3.05, 3.63) is 59.4 Å². The van der Waals surface area contributed by atoms with Gasteiger partial charge in [-0.1, -0.05) is 24.3 Å². The highest BCUT2D eigenvalue weighted by molar-refractivity contribution is 5.87. The predicted molar refractivity (Wildman–Crippen MR) is 128 cm³/mol. The Bertz CT molecular complexity index is 1020. The number of esters is 1. The molecular weight excluding hydrogens is 441 g/mol. The van der Waals surface area contributed by atoms with Gasteiger partial charge in [0, 0.05) is 43.9 Å². The zero-order valence-electron chi connectivity index (χ0n) is 19.2. The highest BCUT2D eigenvalue weighted by atomic mass is 19.1. The first-order valence-corrected chi connectivity index (χ1v) is 11.2. The molecule has 0 unspecified atom stereocenters. The number of nitrogens with zero attached hydrogens (tertiary/aromatic N) is 3. The van der Waals surface area contributed by atoms with Gasteiger partial charge in [0.2, 0.25) is 0 Å². The molecule has 0 aliphatic carbocycles. The fourth-order valence-corrected chi connectivity index (χ4v) is 3.76. The van der Waals surface area contributed by atoms with E-state index in [2.05, 4.69) is 9.89 Å². The number of anilines is 2. The van der Waals surface area contributed by atoms with Crippen molar-refractivity contribution in [2.45, 2.75) is 26.4 Å². The van der Waals surface area contributed by atoms with Gasteiger partial charge in [-0.3, -0.25) is 4.79 Å². The quantitative estimate of drug-likeness (QED) is 0.342. The number of carbonyl (C=O) groups is 2. The Labute approximate surface area is 198 Å². The first-order valence-electron chi connectivity index (χ1n) is 11.2. The summed E-state index contributed by atoms with van der Waals surface area (Å²) in [7, 11) is 0. The molecule has 0 spiro atoms. The molecule has 1 aliphatic rings. The zero-order chi connectivity index (χ0) is 24.5. The lowest BCUT2D eigenvalue weighted by Gasteiger charge is -2.37. The minimum absolute atomic E-state index is 0.189. The Morgan fingerprint density at radius 1 is 1.00 bits per heavy atom. The molecule has 2 aromatic carbocycles. The minimum atomic E-state index is -0.967. The van der Waals surface area contributed by atoms with E-state index in [1.807, 2.05) is 29.2 Å². The van der Waals surface area contributed by atoms with Crippen LogP contribution in [0.15, 0.2) is 47.5 Å². The molecule has 1 amide bonds. The minimum Gasteiger partial charge on any atom is -0.466 e. The summed E-state index contributed by atoms with van der Waals surface area (Å²) in [5.74, 6) is -1.03. The van der Waals surface area contributed by atoms with Crippen LogP contribution in [-0.4, -0.2) is 50.8 Å². The number of benzene rings is 2. The number of aliphatic imine (C=N–C) groups is 1. The Balaban J connectivity index is 1.55. The molecule has 0 atom stereocenters. The maximum atomic E-state index is 15.0. The average Bonchev–Trinajstić information content (AvgIpc) is 2.82. The molecule has 0 bridgehead atoms. The Kier molecular flexibility index (Phi) is 8.66. The molecule has 0 radical (unpaired) electrons. The number of carbonyl (C=O) groups excluding carboxylic acids is 2. The second-order valence-corrected chi connectivity index (χ2v) is 7.79. The maximum absolute atomic E-state index is 15.0. The molecule has 1 fully saturated rings. The molecule has 182 valence electrons. The van der Waals surface area contributed by atoms with Gasteiger partial charge < -0.3 is 30.7 Å². The van der Waals surface area contributed by atoms with Gasteiger partial charge in [0.25, 0.3) is 0 Å². The van der Waals surface area contributed by atoms with Gasteiger partial charge in [-0.2, -0.15) is 0 Å². The largest absolute Gasteiger partial charge is 0.466 e. The zero-order valence-corrected chi connectivity index (χ0v) is 19.2. The van der Waals surface area contributed by atoms with E-state index in [0.717, 1.165) is 24.3 Å². The number of rotatable bonds is 8. The third-order valence-corrected chi connectivity index (χ3v) is 5.47. The van der Waals surface area contributed by atoms with Crippen LogP contribution in [0.5, 0.6) is 0 Å². The molecule has 10 heteroatoms. The van der Waals surface area contributed by atoms with Gasteiger partial charge in [-0.25, -0.2) is 9.18 Å². The van der Waals surface area contributed by atoms with Gasteiger partial charge in [0.1, 0.15) is 6.61 Å². The van der Waals surface area contributed by atoms with Crippen molar-refractivity contribution in [2.75, 3.05) is 42.6 Å². The van der Waals surface area contributed by atoms with Crippen LogP contribution in [0.25, 0.3) is 0 Å². The Hall–Kier alpha value is -3.82. The van der Waals surface area contributed by atoms with Crippen molar-refractivity contribution in [3.8, 4) is 0 Å². The lowest BCUT2D eigenvalue weighted by molar-refractivity contribution is -0.143. The molecule has 9 nitrogen and oxygen atoms in total. The summed E-state index contributed by atoms with van der Waals surface area (Å²) < 4.78 is 24.9. The van der Waals surface area contributed by atoms with Crippen LogP contribution >= 0.6 is 0 Å². The number of piperazine rings is 1. The summed E-state index contributed by atoms with van der Waals surface area (Å²) in [4.78, 5) is 30.5. The summed E-state index contributed by atoms with van der Waals surface area (Å²) in [5.41, 5.74) is 13.1. The van der Waals surface area contributed by atoms with Gasteiger partial charge >= 0.3 is 12.1 Å². The van der Waals surface area contributed by atoms with E-state index in [1.165, 1.54) is 0 Å². The smallest absolute Gasteiger partial charge is 0.437 e. The molecule has 1 heterocycles. The Morgan fingerprint density at radius 2 is 1.68 bits per heavy atom. The van der Waals surface area contributed by atoms with Gasteiger partial charge in [-0.15, -0.1) is 4.99 Å². The number of amides is 1. The number of ether oxygens (including phenoxy) is 2. The highest BCUT2D eigenvalue weighted by Crippen LogP contribution is 2.26. The number of hydrogen-bond donors (Lipinski definition) is 2. The topological polar surface area (TPSA) is 123 Å². The SMILES string of the molecule is CCOC(=O)CCc1ccc(N2CCN(c3cccc(COC(=O)N=C(N)N)c3F)CC2)cc1. The van der Waals surface area contributed by atoms with Crippen LogP contribution in [0.2, 0.25) is 0 Å². The van der Waals surface area contributed by atoms with Crippen molar-refractivity contribution < 1.29 is 23.5 Å². The molecule has 0 aromatic heterocycles. The van der Waals surface area contributed by atoms with Crippen molar-refractivity contribution in [2.24, 2.45) is 16.5 Å². The van der Waals surface area contributed by atoms with E-state index in [0.29, 0.717) is 38.2 Å². The van der Waals surface area contributed by atoms with Gasteiger partial charge in [0.15, 0.2) is 11.8 Å². The molecule has 0 saturated carbocycles. The van der Waals surface area contributed by atoms with Gasteiger partial charge in [-0.05, 0) is 37.1 Å². The molecule has 34 heavy (non-hydrogen) atoms. The fourth-order valence-electron chi connectivity index (χ4n) is 3.76. The summed E-state index contributed by atoms with van der Waals surface area (Å²) in [5, 5.41) is 0. The third kappa shape index (κ3) is 6.84. The third-order valence-electron chi connectivity index (χ3n) is 5.47. The Morgan fingerprint density at radius 3 is 2.32 bits per heavy atom. The van der Waals surface area contributed by atoms with Crippen LogP contribution in [0, 0.1) is 5.82 Å². The fraction of sp³-hybridized carbons (Fsp3) is 0.375. The van der Waals surface area contributed by atoms with E-state index in [-0.39, 0.29) is 18.1 Å².